The fourth-order valence-electron chi connectivity index (χ4n) is 2.70. The van der Waals surface area contributed by atoms with Gasteiger partial charge in [-0.3, -0.25) is 9.89 Å². The van der Waals surface area contributed by atoms with Crippen LogP contribution in [0.3, 0.4) is 0 Å². The molecule has 2 aromatic carbocycles. The number of hydrogen-bond acceptors (Lipinski definition) is 4. The molecular formula is C18H13N3O3. The predicted octanol–water partition coefficient (Wildman–Crippen LogP) is 3.08. The van der Waals surface area contributed by atoms with Crippen LogP contribution in [0.15, 0.2) is 54.7 Å². The van der Waals surface area contributed by atoms with E-state index in [1.165, 1.54) is 0 Å². The van der Waals surface area contributed by atoms with Gasteiger partial charge in [0.05, 0.1) is 5.52 Å². The highest BCUT2D eigenvalue weighted by Crippen LogP contribution is 2.19. The van der Waals surface area contributed by atoms with Crippen molar-refractivity contribution >= 4 is 33.6 Å². The van der Waals surface area contributed by atoms with Gasteiger partial charge >= 0.3 is 5.97 Å². The minimum Gasteiger partial charge on any atom is -0.452 e. The number of carbonyl (C=O) groups excluding carboxylic acids is 2. The first-order chi connectivity index (χ1) is 11.7. The topological polar surface area (TPSA) is 87.8 Å². The number of H-pyrrole nitrogens is 2. The van der Waals surface area contributed by atoms with Gasteiger partial charge in [-0.15, -0.1) is 0 Å². The van der Waals surface area contributed by atoms with E-state index in [-0.39, 0.29) is 18.1 Å². The standard InChI is InChI=1S/C18H13N3O3/c22-16(13-9-19-14-7-3-1-5-11(13)14)10-24-18(23)17-12-6-2-4-8-15(12)20-21-17/h1-9,19H,10H2,(H,20,21). The molecule has 0 atom stereocenters. The van der Waals surface area contributed by atoms with Gasteiger partial charge in [-0.05, 0) is 12.1 Å². The Balaban J connectivity index is 1.52. The Kier molecular flexibility index (Phi) is 3.35. The molecule has 24 heavy (non-hydrogen) atoms. The van der Waals surface area contributed by atoms with Crippen molar-refractivity contribution in [3.05, 3.63) is 66.0 Å². The molecule has 0 amide bonds. The molecule has 2 N–H and O–H groups in total. The second-order valence-electron chi connectivity index (χ2n) is 5.37. The van der Waals surface area contributed by atoms with Gasteiger partial charge in [-0.2, -0.15) is 5.10 Å². The number of rotatable bonds is 4. The van der Waals surface area contributed by atoms with Crippen LogP contribution >= 0.6 is 0 Å². The van der Waals surface area contributed by atoms with Gasteiger partial charge in [0.1, 0.15) is 0 Å². The van der Waals surface area contributed by atoms with E-state index < -0.39 is 5.97 Å². The fourth-order valence-corrected chi connectivity index (χ4v) is 2.70. The smallest absolute Gasteiger partial charge is 0.359 e. The summed E-state index contributed by atoms with van der Waals surface area (Å²) in [7, 11) is 0. The van der Waals surface area contributed by atoms with E-state index in [1.54, 1.807) is 12.3 Å². The lowest BCUT2D eigenvalue weighted by Gasteiger charge is -2.02. The van der Waals surface area contributed by atoms with Crippen molar-refractivity contribution in [1.29, 1.82) is 0 Å². The van der Waals surface area contributed by atoms with E-state index in [2.05, 4.69) is 15.2 Å². The number of esters is 1. The van der Waals surface area contributed by atoms with Gasteiger partial charge in [-0.1, -0.05) is 36.4 Å². The van der Waals surface area contributed by atoms with Gasteiger partial charge in [0, 0.05) is 28.0 Å². The molecule has 0 spiro atoms. The monoisotopic (exact) mass is 319 g/mol. The molecule has 0 unspecified atom stereocenters. The Bertz CT molecular complexity index is 975. The van der Waals surface area contributed by atoms with E-state index in [4.69, 9.17) is 4.74 Å². The van der Waals surface area contributed by atoms with Crippen LogP contribution in [0.2, 0.25) is 0 Å². The molecule has 0 aliphatic carbocycles. The van der Waals surface area contributed by atoms with Crippen LogP contribution in [0, 0.1) is 0 Å². The molecule has 0 radical (unpaired) electrons. The summed E-state index contributed by atoms with van der Waals surface area (Å²) < 4.78 is 5.14. The van der Waals surface area contributed by atoms with Crippen molar-refractivity contribution in [3.63, 3.8) is 0 Å². The first-order valence-electron chi connectivity index (χ1n) is 7.43. The Morgan fingerprint density at radius 2 is 1.67 bits per heavy atom. The number of aromatic nitrogens is 3. The molecule has 6 nitrogen and oxygen atoms in total. The molecular weight excluding hydrogens is 306 g/mol. The molecule has 0 aliphatic rings. The Labute approximate surface area is 136 Å². The van der Waals surface area contributed by atoms with Crippen molar-refractivity contribution in [2.24, 2.45) is 0 Å². The van der Waals surface area contributed by atoms with E-state index in [1.807, 2.05) is 42.5 Å². The van der Waals surface area contributed by atoms with Crippen molar-refractivity contribution in [2.75, 3.05) is 6.61 Å². The second-order valence-corrected chi connectivity index (χ2v) is 5.37. The molecule has 118 valence electrons. The third-order valence-electron chi connectivity index (χ3n) is 3.89. The zero-order valence-corrected chi connectivity index (χ0v) is 12.6. The molecule has 6 heteroatoms. The summed E-state index contributed by atoms with van der Waals surface area (Å²) in [5.74, 6) is -0.888. The molecule has 0 saturated carbocycles. The number of Topliss-reactive ketones (excluding diaryl/α,β-unsaturated/α-hetero) is 1. The summed E-state index contributed by atoms with van der Waals surface area (Å²) in [5, 5.41) is 8.21. The van der Waals surface area contributed by atoms with Crippen LogP contribution in [0.1, 0.15) is 20.8 Å². The highest BCUT2D eigenvalue weighted by atomic mass is 16.5. The van der Waals surface area contributed by atoms with Crippen LogP contribution < -0.4 is 0 Å². The Morgan fingerprint density at radius 1 is 0.958 bits per heavy atom. The van der Waals surface area contributed by atoms with E-state index in [0.29, 0.717) is 10.9 Å². The maximum Gasteiger partial charge on any atom is 0.359 e. The van der Waals surface area contributed by atoms with Crippen molar-refractivity contribution in [1.82, 2.24) is 15.2 Å². The van der Waals surface area contributed by atoms with Crippen LogP contribution in [-0.2, 0) is 4.74 Å². The number of carbonyl (C=O) groups is 2. The Hall–Kier alpha value is -3.41. The lowest BCUT2D eigenvalue weighted by Crippen LogP contribution is -2.14. The maximum atomic E-state index is 12.3. The zero-order valence-electron chi connectivity index (χ0n) is 12.6. The minimum absolute atomic E-state index is 0.178. The summed E-state index contributed by atoms with van der Waals surface area (Å²) in [6.45, 7) is -0.331. The number of hydrogen-bond donors (Lipinski definition) is 2. The van der Waals surface area contributed by atoms with Crippen LogP contribution in [0.4, 0.5) is 0 Å². The molecule has 4 aromatic rings. The number of ketones is 1. The van der Waals surface area contributed by atoms with Gasteiger partial charge in [-0.25, -0.2) is 4.79 Å². The van der Waals surface area contributed by atoms with E-state index in [0.717, 1.165) is 16.4 Å². The van der Waals surface area contributed by atoms with Crippen molar-refractivity contribution in [2.45, 2.75) is 0 Å². The molecule has 0 fully saturated rings. The van der Waals surface area contributed by atoms with E-state index in [9.17, 15) is 9.59 Å². The first kappa shape index (κ1) is 14.2. The summed E-state index contributed by atoms with van der Waals surface area (Å²) in [5.41, 5.74) is 2.29. The fraction of sp³-hybridized carbons (Fsp3) is 0.0556. The van der Waals surface area contributed by atoms with Crippen LogP contribution in [-0.4, -0.2) is 33.5 Å². The number of fused-ring (bicyclic) bond motifs is 2. The summed E-state index contributed by atoms with van der Waals surface area (Å²) in [6, 6.07) is 14.7. The predicted molar refractivity (Wildman–Crippen MR) is 89.0 cm³/mol. The van der Waals surface area contributed by atoms with E-state index >= 15 is 0 Å². The first-order valence-corrected chi connectivity index (χ1v) is 7.43. The van der Waals surface area contributed by atoms with Crippen LogP contribution in [0.5, 0.6) is 0 Å². The molecule has 2 aromatic heterocycles. The quantitative estimate of drug-likeness (QED) is 0.447. The number of benzene rings is 2. The number of nitrogens with one attached hydrogen (secondary N) is 2. The third-order valence-corrected chi connectivity index (χ3v) is 3.89. The Morgan fingerprint density at radius 3 is 2.50 bits per heavy atom. The molecule has 0 bridgehead atoms. The number of nitrogens with zero attached hydrogens (tertiary/aromatic N) is 1. The number of aromatic amines is 2. The SMILES string of the molecule is O=C(COC(=O)c1n[nH]c2ccccc12)c1c[nH]c2ccccc12. The van der Waals surface area contributed by atoms with Gasteiger partial charge in [0.15, 0.2) is 12.3 Å². The van der Waals surface area contributed by atoms with Crippen LogP contribution in [0.25, 0.3) is 21.8 Å². The minimum atomic E-state index is -0.624. The van der Waals surface area contributed by atoms with Gasteiger partial charge < -0.3 is 9.72 Å². The van der Waals surface area contributed by atoms with Gasteiger partial charge in [0.2, 0.25) is 5.78 Å². The highest BCUT2D eigenvalue weighted by Gasteiger charge is 2.18. The lowest BCUT2D eigenvalue weighted by molar-refractivity contribution is 0.0471. The number of ether oxygens (including phenoxy) is 1. The maximum absolute atomic E-state index is 12.3. The third kappa shape index (κ3) is 2.34. The normalized spacial score (nSPS) is 11.0. The lowest BCUT2D eigenvalue weighted by atomic mass is 10.1. The summed E-state index contributed by atoms with van der Waals surface area (Å²) >= 11 is 0. The average Bonchev–Trinajstić information content (AvgIpc) is 3.23. The molecule has 0 aliphatic heterocycles. The second kappa shape index (κ2) is 5.66. The average molecular weight is 319 g/mol. The van der Waals surface area contributed by atoms with Gasteiger partial charge in [0.25, 0.3) is 0 Å². The molecule has 4 rings (SSSR count). The van der Waals surface area contributed by atoms with Crippen molar-refractivity contribution in [3.8, 4) is 0 Å². The molecule has 2 heterocycles. The van der Waals surface area contributed by atoms with Crippen molar-refractivity contribution < 1.29 is 14.3 Å². The largest absolute Gasteiger partial charge is 0.452 e. The zero-order chi connectivity index (χ0) is 16.5. The number of para-hydroxylation sites is 2. The highest BCUT2D eigenvalue weighted by molar-refractivity contribution is 6.09. The molecule has 0 saturated heterocycles. The summed E-state index contributed by atoms with van der Waals surface area (Å²) in [6.07, 6.45) is 1.63. The summed E-state index contributed by atoms with van der Waals surface area (Å²) in [4.78, 5) is 27.6.